The van der Waals surface area contributed by atoms with Gasteiger partial charge in [0.05, 0.1) is 22.8 Å². The van der Waals surface area contributed by atoms with Crippen molar-refractivity contribution in [2.45, 2.75) is 23.8 Å². The maximum absolute atomic E-state index is 12.4. The molecule has 128 valence electrons. The van der Waals surface area contributed by atoms with Crippen molar-refractivity contribution >= 4 is 27.8 Å². The number of benzene rings is 1. The summed E-state index contributed by atoms with van der Waals surface area (Å²) in [5.41, 5.74) is 0.938. The van der Waals surface area contributed by atoms with Gasteiger partial charge in [-0.25, -0.2) is 8.42 Å². The fraction of sp³-hybridized carbons (Fsp3) is 0.333. The molecule has 1 aliphatic rings. The summed E-state index contributed by atoms with van der Waals surface area (Å²) in [6.07, 6.45) is 5.44. The molecular weight excluding hydrogens is 332 g/mol. The zero-order chi connectivity index (χ0) is 17.0. The van der Waals surface area contributed by atoms with Gasteiger partial charge in [0.1, 0.15) is 0 Å². The van der Waals surface area contributed by atoms with E-state index in [1.807, 2.05) is 0 Å². The fourth-order valence-electron chi connectivity index (χ4n) is 2.55. The van der Waals surface area contributed by atoms with Crippen molar-refractivity contribution in [3.05, 3.63) is 36.7 Å². The number of nitrogens with zero attached hydrogens (tertiary/aromatic N) is 2. The number of carbonyl (C=O) groups excluding carboxylic acids is 1. The molecule has 1 aliphatic heterocycles. The number of aromatic nitrogens is 2. The lowest BCUT2D eigenvalue weighted by atomic mass is 10.1. The highest BCUT2D eigenvalue weighted by molar-refractivity contribution is 7.92. The van der Waals surface area contributed by atoms with Crippen molar-refractivity contribution in [3.8, 4) is 0 Å². The van der Waals surface area contributed by atoms with E-state index in [0.717, 1.165) is 12.8 Å². The van der Waals surface area contributed by atoms with Crippen LogP contribution in [0.3, 0.4) is 0 Å². The Labute approximate surface area is 139 Å². The molecule has 0 saturated carbocycles. The van der Waals surface area contributed by atoms with E-state index in [1.165, 1.54) is 30.5 Å². The number of nitrogens with one attached hydrogen (secondary N) is 2. The average Bonchev–Trinajstić information content (AvgIpc) is 3.04. The van der Waals surface area contributed by atoms with Crippen LogP contribution in [0.15, 0.2) is 41.6 Å². The first-order valence-electron chi connectivity index (χ1n) is 7.53. The summed E-state index contributed by atoms with van der Waals surface area (Å²) in [6.45, 7) is 1.37. The van der Waals surface area contributed by atoms with Gasteiger partial charge in [0.2, 0.25) is 6.41 Å². The standard InChI is InChI=1S/C15H18N4O4S/c20-11-16-12-1-3-15(4-2-12)24(21,22)18-13-9-17-19(10-13)14-5-7-23-8-6-14/h1-4,9-11,14,18H,5-8H2,(H,16,20). The average molecular weight is 350 g/mol. The van der Waals surface area contributed by atoms with E-state index in [4.69, 9.17) is 4.74 Å². The Morgan fingerprint density at radius 2 is 1.88 bits per heavy atom. The second-order valence-electron chi connectivity index (χ2n) is 5.44. The van der Waals surface area contributed by atoms with Crippen molar-refractivity contribution in [1.29, 1.82) is 0 Å². The van der Waals surface area contributed by atoms with Crippen LogP contribution in [0.4, 0.5) is 11.4 Å². The van der Waals surface area contributed by atoms with Crippen LogP contribution in [0, 0.1) is 0 Å². The predicted octanol–water partition coefficient (Wildman–Crippen LogP) is 1.60. The predicted molar refractivity (Wildman–Crippen MR) is 88.3 cm³/mol. The Balaban J connectivity index is 1.72. The van der Waals surface area contributed by atoms with Crippen LogP contribution < -0.4 is 10.0 Å². The molecule has 24 heavy (non-hydrogen) atoms. The number of sulfonamides is 1. The number of hydrogen-bond acceptors (Lipinski definition) is 5. The maximum Gasteiger partial charge on any atom is 0.261 e. The molecule has 9 heteroatoms. The molecule has 0 spiro atoms. The number of ether oxygens (including phenoxy) is 1. The van der Waals surface area contributed by atoms with Crippen LogP contribution in [-0.4, -0.2) is 37.8 Å². The van der Waals surface area contributed by atoms with Crippen LogP contribution in [0.2, 0.25) is 0 Å². The Morgan fingerprint density at radius 1 is 1.17 bits per heavy atom. The Bertz CT molecular complexity index is 795. The van der Waals surface area contributed by atoms with Gasteiger partial charge in [-0.05, 0) is 37.1 Å². The van der Waals surface area contributed by atoms with Crippen LogP contribution in [0.5, 0.6) is 0 Å². The van der Waals surface area contributed by atoms with E-state index < -0.39 is 10.0 Å². The summed E-state index contributed by atoms with van der Waals surface area (Å²) >= 11 is 0. The number of rotatable bonds is 6. The second kappa shape index (κ2) is 7.02. The van der Waals surface area contributed by atoms with Crippen molar-refractivity contribution in [1.82, 2.24) is 9.78 Å². The van der Waals surface area contributed by atoms with Gasteiger partial charge in [-0.3, -0.25) is 14.2 Å². The van der Waals surface area contributed by atoms with Crippen molar-refractivity contribution in [2.75, 3.05) is 23.3 Å². The van der Waals surface area contributed by atoms with Crippen molar-refractivity contribution in [3.63, 3.8) is 0 Å². The molecule has 2 N–H and O–H groups in total. The highest BCUT2D eigenvalue weighted by Crippen LogP contribution is 2.23. The minimum Gasteiger partial charge on any atom is -0.381 e. The Morgan fingerprint density at radius 3 is 2.54 bits per heavy atom. The van der Waals surface area contributed by atoms with Gasteiger partial charge in [0.25, 0.3) is 10.0 Å². The summed E-state index contributed by atoms with van der Waals surface area (Å²) in [5.74, 6) is 0. The lowest BCUT2D eigenvalue weighted by molar-refractivity contribution is -0.105. The molecule has 2 aromatic rings. The molecule has 3 rings (SSSR count). The molecule has 2 heterocycles. The van der Waals surface area contributed by atoms with Gasteiger partial charge in [0, 0.05) is 25.1 Å². The van der Waals surface area contributed by atoms with E-state index in [1.54, 1.807) is 10.9 Å². The molecule has 0 atom stereocenters. The Kier molecular flexibility index (Phi) is 4.81. The van der Waals surface area contributed by atoms with Crippen molar-refractivity contribution in [2.24, 2.45) is 0 Å². The topological polar surface area (TPSA) is 102 Å². The van der Waals surface area contributed by atoms with Gasteiger partial charge in [-0.15, -0.1) is 0 Å². The molecule has 0 unspecified atom stereocenters. The van der Waals surface area contributed by atoms with E-state index in [2.05, 4.69) is 15.1 Å². The first-order chi connectivity index (χ1) is 11.6. The summed E-state index contributed by atoms with van der Waals surface area (Å²) in [7, 11) is -3.71. The number of carbonyl (C=O) groups is 1. The zero-order valence-electron chi connectivity index (χ0n) is 12.9. The van der Waals surface area contributed by atoms with Crippen molar-refractivity contribution < 1.29 is 17.9 Å². The zero-order valence-corrected chi connectivity index (χ0v) is 13.7. The minimum atomic E-state index is -3.71. The molecule has 1 aromatic carbocycles. The molecule has 1 amide bonds. The number of hydrogen-bond donors (Lipinski definition) is 2. The first-order valence-corrected chi connectivity index (χ1v) is 9.02. The number of amides is 1. The van der Waals surface area contributed by atoms with E-state index in [0.29, 0.717) is 31.0 Å². The molecule has 1 saturated heterocycles. The maximum atomic E-state index is 12.4. The molecule has 1 fully saturated rings. The van der Waals surface area contributed by atoms with Gasteiger partial charge in [-0.2, -0.15) is 5.10 Å². The van der Waals surface area contributed by atoms with Crippen LogP contribution >= 0.6 is 0 Å². The lowest BCUT2D eigenvalue weighted by Crippen LogP contribution is -2.19. The third-order valence-electron chi connectivity index (χ3n) is 3.81. The molecular formula is C15H18N4O4S. The quantitative estimate of drug-likeness (QED) is 0.771. The number of anilines is 2. The molecule has 0 bridgehead atoms. The minimum absolute atomic E-state index is 0.109. The Hall–Kier alpha value is -2.39. The largest absolute Gasteiger partial charge is 0.381 e. The van der Waals surface area contributed by atoms with Gasteiger partial charge in [-0.1, -0.05) is 0 Å². The molecule has 0 aliphatic carbocycles. The molecule has 0 radical (unpaired) electrons. The van der Waals surface area contributed by atoms with Gasteiger partial charge >= 0.3 is 0 Å². The van der Waals surface area contributed by atoms with Crippen LogP contribution in [0.25, 0.3) is 0 Å². The highest BCUT2D eigenvalue weighted by atomic mass is 32.2. The summed E-state index contributed by atoms with van der Waals surface area (Å²) in [6, 6.07) is 6.13. The van der Waals surface area contributed by atoms with E-state index >= 15 is 0 Å². The molecule has 8 nitrogen and oxygen atoms in total. The first kappa shape index (κ1) is 16.5. The molecule has 1 aromatic heterocycles. The van der Waals surface area contributed by atoms with E-state index in [-0.39, 0.29) is 10.9 Å². The van der Waals surface area contributed by atoms with Gasteiger partial charge < -0.3 is 10.1 Å². The highest BCUT2D eigenvalue weighted by Gasteiger charge is 2.19. The third kappa shape index (κ3) is 3.74. The smallest absolute Gasteiger partial charge is 0.261 e. The normalized spacial score (nSPS) is 15.8. The van der Waals surface area contributed by atoms with Crippen LogP contribution in [-0.2, 0) is 19.6 Å². The summed E-state index contributed by atoms with van der Waals surface area (Å²) in [5, 5.41) is 6.70. The monoisotopic (exact) mass is 350 g/mol. The third-order valence-corrected chi connectivity index (χ3v) is 5.21. The lowest BCUT2D eigenvalue weighted by Gasteiger charge is -2.22. The summed E-state index contributed by atoms with van der Waals surface area (Å²) in [4.78, 5) is 10.5. The summed E-state index contributed by atoms with van der Waals surface area (Å²) < 4.78 is 34.4. The SMILES string of the molecule is O=CNc1ccc(S(=O)(=O)Nc2cnn(C3CCOCC3)c2)cc1. The fourth-order valence-corrected chi connectivity index (χ4v) is 3.58. The van der Waals surface area contributed by atoms with Crippen LogP contribution in [0.1, 0.15) is 18.9 Å². The van der Waals surface area contributed by atoms with E-state index in [9.17, 15) is 13.2 Å². The van der Waals surface area contributed by atoms with Gasteiger partial charge in [0.15, 0.2) is 0 Å². The second-order valence-corrected chi connectivity index (χ2v) is 7.13.